The zero-order chi connectivity index (χ0) is 14.0. The SMILES string of the molecule is CCC1(C)NC(=O)CCN(c2ccc(I)cc2)C1=O. The molecule has 0 radical (unpaired) electrons. The molecule has 0 spiro atoms. The van der Waals surface area contributed by atoms with Gasteiger partial charge in [0.25, 0.3) is 5.91 Å². The lowest BCUT2D eigenvalue weighted by Gasteiger charge is -2.31. The average molecular weight is 372 g/mol. The van der Waals surface area contributed by atoms with E-state index in [1.54, 1.807) is 11.8 Å². The van der Waals surface area contributed by atoms with Gasteiger partial charge in [-0.05, 0) is 60.2 Å². The fourth-order valence-corrected chi connectivity index (χ4v) is 2.50. The smallest absolute Gasteiger partial charge is 0.252 e. The monoisotopic (exact) mass is 372 g/mol. The van der Waals surface area contributed by atoms with Crippen molar-refractivity contribution in [2.75, 3.05) is 11.4 Å². The van der Waals surface area contributed by atoms with Crippen LogP contribution in [0.3, 0.4) is 0 Å². The fraction of sp³-hybridized carbons (Fsp3) is 0.429. The van der Waals surface area contributed by atoms with Gasteiger partial charge in [-0.1, -0.05) is 6.92 Å². The third kappa shape index (κ3) is 2.91. The number of carbonyl (C=O) groups excluding carboxylic acids is 2. The highest BCUT2D eigenvalue weighted by atomic mass is 127. The van der Waals surface area contributed by atoms with Gasteiger partial charge in [-0.15, -0.1) is 0 Å². The Hall–Kier alpha value is -1.11. The van der Waals surface area contributed by atoms with Crippen LogP contribution in [-0.4, -0.2) is 23.9 Å². The summed E-state index contributed by atoms with van der Waals surface area (Å²) in [5, 5.41) is 2.83. The van der Waals surface area contributed by atoms with Crippen molar-refractivity contribution in [2.45, 2.75) is 32.2 Å². The molecule has 2 amide bonds. The average Bonchev–Trinajstić information content (AvgIpc) is 2.50. The maximum Gasteiger partial charge on any atom is 0.252 e. The molecule has 1 unspecified atom stereocenters. The number of anilines is 1. The topological polar surface area (TPSA) is 49.4 Å². The normalized spacial score (nSPS) is 24.1. The van der Waals surface area contributed by atoms with Crippen LogP contribution in [0.15, 0.2) is 24.3 Å². The summed E-state index contributed by atoms with van der Waals surface area (Å²) in [6, 6.07) is 7.77. The maximum absolute atomic E-state index is 12.6. The highest BCUT2D eigenvalue weighted by Gasteiger charge is 2.39. The number of carbonyl (C=O) groups is 2. The second-order valence-corrected chi connectivity index (χ2v) is 6.16. The van der Waals surface area contributed by atoms with Crippen molar-refractivity contribution in [2.24, 2.45) is 0 Å². The van der Waals surface area contributed by atoms with Crippen LogP contribution in [0.5, 0.6) is 0 Å². The molecule has 1 fully saturated rings. The molecule has 1 aliphatic rings. The molecule has 2 rings (SSSR count). The van der Waals surface area contributed by atoms with Crippen molar-refractivity contribution in [3.05, 3.63) is 27.8 Å². The summed E-state index contributed by atoms with van der Waals surface area (Å²) in [4.78, 5) is 26.1. The number of nitrogens with zero attached hydrogens (tertiary/aromatic N) is 1. The quantitative estimate of drug-likeness (QED) is 0.811. The van der Waals surface area contributed by atoms with Gasteiger partial charge in [0.2, 0.25) is 5.91 Å². The summed E-state index contributed by atoms with van der Waals surface area (Å²) in [6.45, 7) is 4.13. The zero-order valence-electron chi connectivity index (χ0n) is 11.1. The molecule has 0 aromatic heterocycles. The van der Waals surface area contributed by atoms with Crippen LogP contribution in [0, 0.1) is 3.57 Å². The first-order valence-electron chi connectivity index (χ1n) is 6.35. The Bertz CT molecular complexity index is 501. The van der Waals surface area contributed by atoms with E-state index in [9.17, 15) is 9.59 Å². The first-order chi connectivity index (χ1) is 8.96. The van der Waals surface area contributed by atoms with Crippen LogP contribution in [0.1, 0.15) is 26.7 Å². The predicted octanol–water partition coefficient (Wildman–Crippen LogP) is 2.31. The molecule has 102 valence electrons. The predicted molar refractivity (Wildman–Crippen MR) is 83.0 cm³/mol. The lowest BCUT2D eigenvalue weighted by atomic mass is 9.97. The van der Waals surface area contributed by atoms with Crippen molar-refractivity contribution in [3.8, 4) is 0 Å². The fourth-order valence-electron chi connectivity index (χ4n) is 2.14. The van der Waals surface area contributed by atoms with Crippen LogP contribution >= 0.6 is 22.6 Å². The lowest BCUT2D eigenvalue weighted by molar-refractivity contribution is -0.129. The number of amides is 2. The van der Waals surface area contributed by atoms with Crippen molar-refractivity contribution in [1.82, 2.24) is 5.32 Å². The van der Waals surface area contributed by atoms with Crippen molar-refractivity contribution >= 4 is 40.1 Å². The van der Waals surface area contributed by atoms with Gasteiger partial charge >= 0.3 is 0 Å². The maximum atomic E-state index is 12.6. The second-order valence-electron chi connectivity index (χ2n) is 4.92. The van der Waals surface area contributed by atoms with Gasteiger partial charge in [0.15, 0.2) is 0 Å². The Morgan fingerprint density at radius 1 is 1.32 bits per heavy atom. The van der Waals surface area contributed by atoms with Crippen molar-refractivity contribution < 1.29 is 9.59 Å². The van der Waals surface area contributed by atoms with E-state index < -0.39 is 5.54 Å². The van der Waals surface area contributed by atoms with Crippen LogP contribution in [0.4, 0.5) is 5.69 Å². The molecule has 1 atom stereocenters. The molecule has 0 saturated carbocycles. The largest absolute Gasteiger partial charge is 0.342 e. The number of rotatable bonds is 2. The molecule has 0 bridgehead atoms. The van der Waals surface area contributed by atoms with E-state index >= 15 is 0 Å². The molecule has 1 aromatic carbocycles. The second kappa shape index (κ2) is 5.48. The van der Waals surface area contributed by atoms with E-state index in [1.165, 1.54) is 0 Å². The van der Waals surface area contributed by atoms with Crippen LogP contribution < -0.4 is 10.2 Å². The summed E-state index contributed by atoms with van der Waals surface area (Å²) in [6.07, 6.45) is 0.922. The summed E-state index contributed by atoms with van der Waals surface area (Å²) >= 11 is 2.23. The minimum absolute atomic E-state index is 0.0398. The van der Waals surface area contributed by atoms with Gasteiger partial charge in [0, 0.05) is 22.2 Å². The minimum atomic E-state index is -0.809. The molecule has 1 aromatic rings. The molecule has 1 heterocycles. The van der Waals surface area contributed by atoms with Gasteiger partial charge in [0.1, 0.15) is 5.54 Å². The minimum Gasteiger partial charge on any atom is -0.342 e. The van der Waals surface area contributed by atoms with Gasteiger partial charge in [0.05, 0.1) is 0 Å². The van der Waals surface area contributed by atoms with Crippen molar-refractivity contribution in [3.63, 3.8) is 0 Å². The standard InChI is InChI=1S/C14H17IN2O2/c1-3-14(2)13(19)17(9-8-12(18)16-14)11-6-4-10(15)5-7-11/h4-7H,3,8-9H2,1-2H3,(H,16,18). The molecule has 19 heavy (non-hydrogen) atoms. The summed E-state index contributed by atoms with van der Waals surface area (Å²) in [5.74, 6) is -0.104. The molecular weight excluding hydrogens is 355 g/mol. The molecule has 1 N–H and O–H groups in total. The highest BCUT2D eigenvalue weighted by molar-refractivity contribution is 14.1. The van der Waals surface area contributed by atoms with E-state index in [0.717, 1.165) is 9.26 Å². The Labute approximate surface area is 126 Å². The van der Waals surface area contributed by atoms with Crippen LogP contribution in [0.2, 0.25) is 0 Å². The Morgan fingerprint density at radius 3 is 2.53 bits per heavy atom. The molecule has 1 saturated heterocycles. The molecule has 1 aliphatic heterocycles. The lowest BCUT2D eigenvalue weighted by Crippen LogP contribution is -2.54. The van der Waals surface area contributed by atoms with Crippen molar-refractivity contribution in [1.29, 1.82) is 0 Å². The summed E-state index contributed by atoms with van der Waals surface area (Å²) in [5.41, 5.74) is 0.0397. The van der Waals surface area contributed by atoms with E-state index in [1.807, 2.05) is 31.2 Å². The van der Waals surface area contributed by atoms with Crippen LogP contribution in [0.25, 0.3) is 0 Å². The third-order valence-corrected chi connectivity index (χ3v) is 4.26. The van der Waals surface area contributed by atoms with Gasteiger partial charge in [-0.2, -0.15) is 0 Å². The number of hydrogen-bond donors (Lipinski definition) is 1. The molecule has 0 aliphatic carbocycles. The molecular formula is C14H17IN2O2. The first kappa shape index (κ1) is 14.3. The van der Waals surface area contributed by atoms with E-state index in [2.05, 4.69) is 27.9 Å². The van der Waals surface area contributed by atoms with Gasteiger partial charge < -0.3 is 10.2 Å². The first-order valence-corrected chi connectivity index (χ1v) is 7.43. The van der Waals surface area contributed by atoms with Crippen LogP contribution in [-0.2, 0) is 9.59 Å². The van der Waals surface area contributed by atoms with E-state index in [4.69, 9.17) is 0 Å². The number of nitrogens with one attached hydrogen (secondary N) is 1. The van der Waals surface area contributed by atoms with Gasteiger partial charge in [-0.25, -0.2) is 0 Å². The Morgan fingerprint density at radius 2 is 1.95 bits per heavy atom. The van der Waals surface area contributed by atoms with E-state index in [-0.39, 0.29) is 11.8 Å². The number of halogens is 1. The summed E-state index contributed by atoms with van der Waals surface area (Å²) < 4.78 is 1.12. The zero-order valence-corrected chi connectivity index (χ0v) is 13.2. The Balaban J connectivity index is 2.36. The third-order valence-electron chi connectivity index (χ3n) is 3.54. The molecule has 5 heteroatoms. The summed E-state index contributed by atoms with van der Waals surface area (Å²) in [7, 11) is 0. The Kier molecular flexibility index (Phi) is 4.13. The number of benzene rings is 1. The molecule has 4 nitrogen and oxygen atoms in total. The highest BCUT2D eigenvalue weighted by Crippen LogP contribution is 2.24. The number of hydrogen-bond acceptors (Lipinski definition) is 2. The van der Waals surface area contributed by atoms with E-state index in [0.29, 0.717) is 19.4 Å². The van der Waals surface area contributed by atoms with Gasteiger partial charge in [-0.3, -0.25) is 9.59 Å².